The van der Waals surface area contributed by atoms with E-state index in [1.54, 1.807) is 0 Å². The standard InChI is InChI=1S/C10H11F3N2O3/c11-10(12,13)7(8(16)17)5-14-3-4-15(9(14)18)6-1-2-6/h3-4,6-7H,1-2,5H2,(H,16,17). The smallest absolute Gasteiger partial charge is 0.403 e. The minimum absolute atomic E-state index is 0.0490. The van der Waals surface area contributed by atoms with Crippen molar-refractivity contribution in [1.82, 2.24) is 9.13 Å². The zero-order valence-electron chi connectivity index (χ0n) is 9.22. The van der Waals surface area contributed by atoms with Gasteiger partial charge in [0.25, 0.3) is 0 Å². The minimum atomic E-state index is -4.87. The van der Waals surface area contributed by atoms with E-state index < -0.39 is 30.3 Å². The molecule has 1 atom stereocenters. The summed E-state index contributed by atoms with van der Waals surface area (Å²) in [4.78, 5) is 22.3. The third-order valence-corrected chi connectivity index (χ3v) is 2.89. The average Bonchev–Trinajstić information content (AvgIpc) is 2.99. The predicted octanol–water partition coefficient (Wildman–Crippen LogP) is 1.25. The minimum Gasteiger partial charge on any atom is -0.481 e. The molecular weight excluding hydrogens is 253 g/mol. The summed E-state index contributed by atoms with van der Waals surface area (Å²) < 4.78 is 39.5. The lowest BCUT2D eigenvalue weighted by Crippen LogP contribution is -2.37. The maximum Gasteiger partial charge on any atom is 0.403 e. The molecule has 0 bridgehead atoms. The molecule has 1 unspecified atom stereocenters. The predicted molar refractivity (Wildman–Crippen MR) is 54.1 cm³/mol. The van der Waals surface area contributed by atoms with Gasteiger partial charge in [-0.05, 0) is 12.8 Å². The third kappa shape index (κ3) is 2.41. The highest BCUT2D eigenvalue weighted by Gasteiger charge is 2.45. The Bertz CT molecular complexity index is 513. The lowest BCUT2D eigenvalue weighted by molar-refractivity contribution is -0.196. The molecule has 1 heterocycles. The van der Waals surface area contributed by atoms with Gasteiger partial charge in [-0.25, -0.2) is 4.79 Å². The number of hydrogen-bond donors (Lipinski definition) is 1. The van der Waals surface area contributed by atoms with Crippen molar-refractivity contribution in [2.45, 2.75) is 31.6 Å². The van der Waals surface area contributed by atoms with Crippen LogP contribution in [-0.4, -0.2) is 26.4 Å². The highest BCUT2D eigenvalue weighted by atomic mass is 19.4. The number of carboxylic acid groups (broad SMARTS) is 1. The number of rotatable bonds is 4. The van der Waals surface area contributed by atoms with Crippen LogP contribution in [0.15, 0.2) is 17.2 Å². The maximum atomic E-state index is 12.5. The highest BCUT2D eigenvalue weighted by molar-refractivity contribution is 5.70. The maximum absolute atomic E-state index is 12.5. The second-order valence-corrected chi connectivity index (χ2v) is 4.30. The Hall–Kier alpha value is -1.73. The van der Waals surface area contributed by atoms with E-state index in [2.05, 4.69) is 0 Å². The first-order valence-corrected chi connectivity index (χ1v) is 5.37. The molecule has 2 rings (SSSR count). The number of carbonyl (C=O) groups is 1. The van der Waals surface area contributed by atoms with Crippen molar-refractivity contribution in [2.75, 3.05) is 0 Å². The zero-order chi connectivity index (χ0) is 13.5. The summed E-state index contributed by atoms with van der Waals surface area (Å²) in [5.41, 5.74) is -0.590. The molecule has 1 fully saturated rings. The van der Waals surface area contributed by atoms with Crippen molar-refractivity contribution in [3.63, 3.8) is 0 Å². The third-order valence-electron chi connectivity index (χ3n) is 2.89. The van der Waals surface area contributed by atoms with Gasteiger partial charge in [-0.15, -0.1) is 0 Å². The zero-order valence-corrected chi connectivity index (χ0v) is 9.22. The van der Waals surface area contributed by atoms with Crippen molar-refractivity contribution in [3.8, 4) is 0 Å². The number of aliphatic carboxylic acids is 1. The molecule has 18 heavy (non-hydrogen) atoms. The van der Waals surface area contributed by atoms with Gasteiger partial charge in [-0.3, -0.25) is 13.9 Å². The molecule has 1 aliphatic carbocycles. The van der Waals surface area contributed by atoms with Gasteiger partial charge in [0.2, 0.25) is 0 Å². The first kappa shape index (κ1) is 12.7. The van der Waals surface area contributed by atoms with Crippen LogP contribution in [0.4, 0.5) is 13.2 Å². The van der Waals surface area contributed by atoms with Crippen molar-refractivity contribution >= 4 is 5.97 Å². The van der Waals surface area contributed by atoms with Crippen LogP contribution in [0.3, 0.4) is 0 Å². The van der Waals surface area contributed by atoms with Crippen LogP contribution >= 0.6 is 0 Å². The van der Waals surface area contributed by atoms with E-state index in [1.165, 1.54) is 17.0 Å². The van der Waals surface area contributed by atoms with Crippen molar-refractivity contribution in [3.05, 3.63) is 22.9 Å². The Balaban J connectivity index is 2.22. The molecule has 0 aromatic carbocycles. The monoisotopic (exact) mass is 264 g/mol. The molecule has 1 N–H and O–H groups in total. The molecule has 5 nitrogen and oxygen atoms in total. The summed E-state index contributed by atoms with van der Waals surface area (Å²) in [6.07, 6.45) is -0.623. The molecule has 0 spiro atoms. The fourth-order valence-electron chi connectivity index (χ4n) is 1.72. The van der Waals surface area contributed by atoms with Gasteiger partial charge in [0.15, 0.2) is 5.92 Å². The van der Waals surface area contributed by atoms with Gasteiger partial charge in [0, 0.05) is 25.0 Å². The average molecular weight is 264 g/mol. The molecule has 0 radical (unpaired) electrons. The van der Waals surface area contributed by atoms with Gasteiger partial charge >= 0.3 is 17.8 Å². The number of nitrogens with zero attached hydrogens (tertiary/aromatic N) is 2. The quantitative estimate of drug-likeness (QED) is 0.890. The van der Waals surface area contributed by atoms with E-state index in [0.717, 1.165) is 17.4 Å². The van der Waals surface area contributed by atoms with E-state index in [-0.39, 0.29) is 6.04 Å². The molecule has 1 aromatic rings. The lowest BCUT2D eigenvalue weighted by Gasteiger charge is -2.15. The summed E-state index contributed by atoms with van der Waals surface area (Å²) in [7, 11) is 0. The summed E-state index contributed by atoms with van der Waals surface area (Å²) in [6.45, 7) is -0.891. The van der Waals surface area contributed by atoms with Gasteiger partial charge < -0.3 is 5.11 Å². The Morgan fingerprint density at radius 3 is 2.50 bits per heavy atom. The summed E-state index contributed by atoms with van der Waals surface area (Å²) in [5, 5.41) is 8.55. The summed E-state index contributed by atoms with van der Waals surface area (Å²) >= 11 is 0. The topological polar surface area (TPSA) is 64.2 Å². The summed E-state index contributed by atoms with van der Waals surface area (Å²) in [5.74, 6) is -4.54. The number of hydrogen-bond acceptors (Lipinski definition) is 2. The van der Waals surface area contributed by atoms with Crippen LogP contribution in [0.25, 0.3) is 0 Å². The SMILES string of the molecule is O=C(O)C(Cn1ccn(C2CC2)c1=O)C(F)(F)F. The highest BCUT2D eigenvalue weighted by Crippen LogP contribution is 2.33. The molecule has 1 aliphatic rings. The van der Waals surface area contributed by atoms with Crippen LogP contribution < -0.4 is 5.69 Å². The van der Waals surface area contributed by atoms with Crippen molar-refractivity contribution in [2.24, 2.45) is 5.92 Å². The summed E-state index contributed by atoms with van der Waals surface area (Å²) in [6, 6.07) is 0.0490. The lowest BCUT2D eigenvalue weighted by atomic mass is 10.1. The number of carboxylic acids is 1. The van der Waals surface area contributed by atoms with E-state index in [1.807, 2.05) is 0 Å². The van der Waals surface area contributed by atoms with Crippen molar-refractivity contribution < 1.29 is 23.1 Å². The van der Waals surface area contributed by atoms with Crippen LogP contribution in [-0.2, 0) is 11.3 Å². The van der Waals surface area contributed by atoms with Crippen LogP contribution in [0.5, 0.6) is 0 Å². The molecule has 8 heteroatoms. The first-order valence-electron chi connectivity index (χ1n) is 5.37. The van der Waals surface area contributed by atoms with E-state index in [0.29, 0.717) is 0 Å². The number of imidazole rings is 1. The van der Waals surface area contributed by atoms with Crippen LogP contribution in [0.2, 0.25) is 0 Å². The molecule has 0 amide bonds. The van der Waals surface area contributed by atoms with Crippen LogP contribution in [0, 0.1) is 5.92 Å². The molecule has 1 saturated carbocycles. The van der Waals surface area contributed by atoms with Crippen LogP contribution in [0.1, 0.15) is 18.9 Å². The van der Waals surface area contributed by atoms with E-state index in [9.17, 15) is 22.8 Å². The molecular formula is C10H11F3N2O3. The Kier molecular flexibility index (Phi) is 2.95. The van der Waals surface area contributed by atoms with Crippen molar-refractivity contribution in [1.29, 1.82) is 0 Å². The number of aromatic nitrogens is 2. The number of alkyl halides is 3. The molecule has 100 valence electrons. The first-order chi connectivity index (χ1) is 8.30. The largest absolute Gasteiger partial charge is 0.481 e. The van der Waals surface area contributed by atoms with E-state index in [4.69, 9.17) is 5.11 Å². The molecule has 0 aliphatic heterocycles. The fourth-order valence-corrected chi connectivity index (χ4v) is 1.72. The molecule has 1 aromatic heterocycles. The Labute approximate surface area is 99.4 Å². The van der Waals surface area contributed by atoms with Gasteiger partial charge in [-0.2, -0.15) is 13.2 Å². The van der Waals surface area contributed by atoms with Gasteiger partial charge in [-0.1, -0.05) is 0 Å². The second-order valence-electron chi connectivity index (χ2n) is 4.30. The number of halogens is 3. The van der Waals surface area contributed by atoms with E-state index >= 15 is 0 Å². The molecule has 0 saturated heterocycles. The second kappa shape index (κ2) is 4.18. The normalized spacial score (nSPS) is 17.7. The van der Waals surface area contributed by atoms with Gasteiger partial charge in [0.1, 0.15) is 0 Å². The Morgan fingerprint density at radius 1 is 1.44 bits per heavy atom. The fraction of sp³-hybridized carbons (Fsp3) is 0.600. The van der Waals surface area contributed by atoms with Gasteiger partial charge in [0.05, 0.1) is 0 Å². The Morgan fingerprint density at radius 2 is 2.06 bits per heavy atom.